The third-order valence-electron chi connectivity index (χ3n) is 2.52. The molecular weight excluding hydrogens is 340 g/mol. The third-order valence-corrected chi connectivity index (χ3v) is 2.97. The molecular formula is C13H13BrN4O3. The highest BCUT2D eigenvalue weighted by atomic mass is 79.9. The van der Waals surface area contributed by atoms with E-state index in [0.29, 0.717) is 21.7 Å². The summed E-state index contributed by atoms with van der Waals surface area (Å²) in [6.45, 7) is 2.93. The van der Waals surface area contributed by atoms with Crippen LogP contribution in [0.25, 0.3) is 0 Å². The van der Waals surface area contributed by atoms with Crippen molar-refractivity contribution in [3.63, 3.8) is 0 Å². The van der Waals surface area contributed by atoms with Crippen LogP contribution in [0, 0.1) is 10.1 Å². The average molecular weight is 353 g/mol. The highest BCUT2D eigenvalue weighted by molar-refractivity contribution is 9.10. The molecule has 2 rings (SSSR count). The lowest BCUT2D eigenvalue weighted by Gasteiger charge is -2.07. The first-order valence-corrected chi connectivity index (χ1v) is 7.00. The second kappa shape index (κ2) is 6.98. The molecule has 0 aliphatic rings. The quantitative estimate of drug-likeness (QED) is 0.634. The number of non-ortho nitro benzene ring substituents is 1. The lowest BCUT2D eigenvalue weighted by Crippen LogP contribution is -2.03. The molecule has 0 unspecified atom stereocenters. The summed E-state index contributed by atoms with van der Waals surface area (Å²) in [5.41, 5.74) is 0.604. The van der Waals surface area contributed by atoms with Gasteiger partial charge < -0.3 is 10.1 Å². The molecule has 1 aromatic heterocycles. The molecule has 0 atom stereocenters. The molecule has 0 aliphatic carbocycles. The molecule has 2 aromatic rings. The smallest absolute Gasteiger partial charge is 0.274 e. The molecule has 0 radical (unpaired) electrons. The van der Waals surface area contributed by atoms with Crippen LogP contribution in [-0.4, -0.2) is 21.4 Å². The fourth-order valence-corrected chi connectivity index (χ4v) is 2.06. The van der Waals surface area contributed by atoms with E-state index in [4.69, 9.17) is 4.74 Å². The minimum absolute atomic E-state index is 0.0343. The van der Waals surface area contributed by atoms with Crippen LogP contribution >= 0.6 is 15.9 Å². The van der Waals surface area contributed by atoms with E-state index in [0.717, 1.165) is 6.54 Å². The number of nitrogens with one attached hydrogen (secondary N) is 1. The fraction of sp³-hybridized carbons (Fsp3) is 0.231. The Labute approximate surface area is 129 Å². The molecule has 21 heavy (non-hydrogen) atoms. The van der Waals surface area contributed by atoms with Crippen molar-refractivity contribution >= 4 is 27.4 Å². The van der Waals surface area contributed by atoms with Gasteiger partial charge in [-0.1, -0.05) is 15.9 Å². The Kier molecular flexibility index (Phi) is 5.04. The van der Waals surface area contributed by atoms with Crippen LogP contribution in [-0.2, 0) is 6.61 Å². The van der Waals surface area contributed by atoms with Gasteiger partial charge in [-0.15, -0.1) is 0 Å². The van der Waals surface area contributed by atoms with Crippen molar-refractivity contribution in [2.24, 2.45) is 0 Å². The van der Waals surface area contributed by atoms with E-state index in [1.165, 1.54) is 12.1 Å². The lowest BCUT2D eigenvalue weighted by molar-refractivity contribution is -0.385. The average Bonchev–Trinajstić information content (AvgIpc) is 2.46. The summed E-state index contributed by atoms with van der Waals surface area (Å²) in [5, 5.41) is 13.8. The minimum atomic E-state index is -0.470. The van der Waals surface area contributed by atoms with Crippen LogP contribution in [0.1, 0.15) is 12.6 Å². The summed E-state index contributed by atoms with van der Waals surface area (Å²) >= 11 is 3.21. The monoisotopic (exact) mass is 352 g/mol. The molecule has 7 nitrogen and oxygen atoms in total. The number of anilines is 1. The van der Waals surface area contributed by atoms with E-state index >= 15 is 0 Å². The van der Waals surface area contributed by atoms with Crippen LogP contribution in [0.3, 0.4) is 0 Å². The Hall–Kier alpha value is -2.22. The van der Waals surface area contributed by atoms with Gasteiger partial charge in [0.2, 0.25) is 0 Å². The molecule has 0 bridgehead atoms. The zero-order valence-electron chi connectivity index (χ0n) is 11.2. The molecule has 8 heteroatoms. The van der Waals surface area contributed by atoms with Gasteiger partial charge in [-0.3, -0.25) is 15.1 Å². The Morgan fingerprint density at radius 3 is 2.76 bits per heavy atom. The van der Waals surface area contributed by atoms with Gasteiger partial charge in [-0.2, -0.15) is 0 Å². The first-order chi connectivity index (χ1) is 10.1. The number of hydrogen-bond donors (Lipinski definition) is 1. The van der Waals surface area contributed by atoms with Crippen LogP contribution in [0.2, 0.25) is 0 Å². The Morgan fingerprint density at radius 1 is 1.33 bits per heavy atom. The summed E-state index contributed by atoms with van der Waals surface area (Å²) in [4.78, 5) is 18.7. The van der Waals surface area contributed by atoms with E-state index in [-0.39, 0.29) is 12.3 Å². The van der Waals surface area contributed by atoms with E-state index in [2.05, 4.69) is 31.2 Å². The van der Waals surface area contributed by atoms with Gasteiger partial charge in [0.1, 0.15) is 18.2 Å². The molecule has 1 N–H and O–H groups in total. The predicted octanol–water partition coefficient (Wildman–Crippen LogP) is 3.16. The molecule has 0 saturated carbocycles. The highest BCUT2D eigenvalue weighted by Crippen LogP contribution is 2.26. The number of hydrogen-bond acceptors (Lipinski definition) is 6. The topological polar surface area (TPSA) is 90.2 Å². The number of nitrogens with zero attached hydrogens (tertiary/aromatic N) is 3. The SMILES string of the molecule is CCNc1cnc(COc2cc(Br)cc([N+](=O)[O-])c2)cn1. The molecule has 0 saturated heterocycles. The number of aromatic nitrogens is 2. The number of nitro benzene ring substituents is 1. The molecule has 1 aromatic carbocycles. The first-order valence-electron chi connectivity index (χ1n) is 6.21. The molecule has 0 amide bonds. The van der Waals surface area contributed by atoms with Gasteiger partial charge in [0, 0.05) is 17.1 Å². The summed E-state index contributed by atoms with van der Waals surface area (Å²) in [6, 6.07) is 4.44. The fourth-order valence-electron chi connectivity index (χ4n) is 1.60. The van der Waals surface area contributed by atoms with Crippen molar-refractivity contribution in [3.8, 4) is 5.75 Å². The lowest BCUT2D eigenvalue weighted by atomic mass is 10.3. The summed E-state index contributed by atoms with van der Waals surface area (Å²) in [6.07, 6.45) is 3.22. The van der Waals surface area contributed by atoms with E-state index in [1.54, 1.807) is 18.5 Å². The van der Waals surface area contributed by atoms with Gasteiger partial charge in [0.15, 0.2) is 0 Å². The van der Waals surface area contributed by atoms with Gasteiger partial charge in [0.25, 0.3) is 5.69 Å². The standard InChI is InChI=1S/C13H13BrN4O3/c1-2-15-13-7-16-10(6-17-13)8-21-12-4-9(14)3-11(5-12)18(19)20/h3-7H,2,8H2,1H3,(H,15,17). The van der Waals surface area contributed by atoms with Crippen molar-refractivity contribution in [1.29, 1.82) is 0 Å². The third kappa shape index (κ3) is 4.38. The number of benzene rings is 1. The second-order valence-electron chi connectivity index (χ2n) is 4.11. The Bertz CT molecular complexity index is 634. The zero-order valence-corrected chi connectivity index (χ0v) is 12.8. The summed E-state index contributed by atoms with van der Waals surface area (Å²) < 4.78 is 6.09. The number of ether oxygens (including phenoxy) is 1. The first kappa shape index (κ1) is 15.2. The largest absolute Gasteiger partial charge is 0.487 e. The molecule has 110 valence electrons. The van der Waals surface area contributed by atoms with E-state index < -0.39 is 4.92 Å². The van der Waals surface area contributed by atoms with Crippen molar-refractivity contribution in [2.75, 3.05) is 11.9 Å². The minimum Gasteiger partial charge on any atom is -0.487 e. The van der Waals surface area contributed by atoms with Crippen LogP contribution < -0.4 is 10.1 Å². The maximum Gasteiger partial charge on any atom is 0.274 e. The molecule has 0 aliphatic heterocycles. The Morgan fingerprint density at radius 2 is 2.14 bits per heavy atom. The molecule has 0 fully saturated rings. The van der Waals surface area contributed by atoms with Gasteiger partial charge in [-0.05, 0) is 13.0 Å². The van der Waals surface area contributed by atoms with Crippen LogP contribution in [0.5, 0.6) is 5.75 Å². The van der Waals surface area contributed by atoms with Crippen LogP contribution in [0.4, 0.5) is 11.5 Å². The number of nitro groups is 1. The maximum atomic E-state index is 10.8. The van der Waals surface area contributed by atoms with Crippen molar-refractivity contribution < 1.29 is 9.66 Å². The van der Waals surface area contributed by atoms with Crippen LogP contribution in [0.15, 0.2) is 35.1 Å². The number of halogens is 1. The van der Waals surface area contributed by atoms with E-state index in [1.807, 2.05) is 6.92 Å². The van der Waals surface area contributed by atoms with Gasteiger partial charge in [0.05, 0.1) is 29.1 Å². The van der Waals surface area contributed by atoms with Gasteiger partial charge in [-0.25, -0.2) is 4.98 Å². The normalized spacial score (nSPS) is 10.2. The Balaban J connectivity index is 2.04. The number of rotatable bonds is 6. The predicted molar refractivity (Wildman–Crippen MR) is 81.3 cm³/mol. The molecule has 0 spiro atoms. The molecule has 1 heterocycles. The van der Waals surface area contributed by atoms with Gasteiger partial charge >= 0.3 is 0 Å². The summed E-state index contributed by atoms with van der Waals surface area (Å²) in [5.74, 6) is 1.09. The maximum absolute atomic E-state index is 10.8. The summed E-state index contributed by atoms with van der Waals surface area (Å²) in [7, 11) is 0. The zero-order chi connectivity index (χ0) is 15.2. The highest BCUT2D eigenvalue weighted by Gasteiger charge is 2.10. The van der Waals surface area contributed by atoms with E-state index in [9.17, 15) is 10.1 Å². The van der Waals surface area contributed by atoms with Crippen molar-refractivity contribution in [2.45, 2.75) is 13.5 Å². The van der Waals surface area contributed by atoms with Crippen molar-refractivity contribution in [1.82, 2.24) is 9.97 Å². The van der Waals surface area contributed by atoms with Crippen molar-refractivity contribution in [3.05, 3.63) is 50.9 Å². The second-order valence-corrected chi connectivity index (χ2v) is 5.03.